The minimum absolute atomic E-state index is 0.0401. The molecule has 0 fully saturated rings. The Labute approximate surface area is 131 Å². The van der Waals surface area contributed by atoms with Crippen molar-refractivity contribution in [2.45, 2.75) is 12.9 Å². The summed E-state index contributed by atoms with van der Waals surface area (Å²) < 4.78 is 39.8. The first-order valence-corrected chi connectivity index (χ1v) is 6.56. The van der Waals surface area contributed by atoms with Gasteiger partial charge in [0.1, 0.15) is 5.75 Å². The maximum Gasteiger partial charge on any atom is 0.573 e. The molecule has 0 bridgehead atoms. The Balaban J connectivity index is 2.43. The number of carbonyl (C=O) groups excluding carboxylic acids is 1. The van der Waals surface area contributed by atoms with Crippen LogP contribution in [0, 0.1) is 0 Å². The zero-order valence-electron chi connectivity index (χ0n) is 12.2. The van der Waals surface area contributed by atoms with Crippen molar-refractivity contribution in [3.63, 3.8) is 0 Å². The van der Waals surface area contributed by atoms with Crippen molar-refractivity contribution in [2.75, 3.05) is 13.1 Å². The van der Waals surface area contributed by atoms with Crippen LogP contribution in [-0.4, -0.2) is 31.3 Å². The second-order valence-corrected chi connectivity index (χ2v) is 4.34. The van der Waals surface area contributed by atoms with Crippen LogP contribution in [-0.2, 0) is 11.3 Å². The molecule has 0 aliphatic heterocycles. The Kier molecular flexibility index (Phi) is 6.91. The maximum atomic E-state index is 12.0. The molecule has 23 heavy (non-hydrogen) atoms. The summed E-state index contributed by atoms with van der Waals surface area (Å²) in [4.78, 5) is 15.3. The Morgan fingerprint density at radius 3 is 2.52 bits per heavy atom. The number of amides is 1. The van der Waals surface area contributed by atoms with Gasteiger partial charge in [0.15, 0.2) is 5.96 Å². The number of benzene rings is 1. The number of nitrogens with two attached hydrogens (primary N) is 1. The van der Waals surface area contributed by atoms with Crippen LogP contribution in [0.5, 0.6) is 5.75 Å². The SMILES string of the molecule is C=CCNC(=O)CNC(N)=NCc1ccc(OC(F)(F)F)cc1. The fourth-order valence-electron chi connectivity index (χ4n) is 1.45. The quantitative estimate of drug-likeness (QED) is 0.399. The third kappa shape index (κ3) is 8.34. The Bertz CT molecular complexity index is 556. The highest BCUT2D eigenvalue weighted by Crippen LogP contribution is 2.22. The normalized spacial score (nSPS) is 11.7. The van der Waals surface area contributed by atoms with Gasteiger partial charge in [-0.25, -0.2) is 4.99 Å². The van der Waals surface area contributed by atoms with Gasteiger partial charge in [-0.1, -0.05) is 18.2 Å². The number of guanidine groups is 1. The molecule has 1 amide bonds. The van der Waals surface area contributed by atoms with E-state index in [1.165, 1.54) is 24.3 Å². The molecule has 4 N–H and O–H groups in total. The highest BCUT2D eigenvalue weighted by atomic mass is 19.4. The predicted molar refractivity (Wildman–Crippen MR) is 79.7 cm³/mol. The molecule has 0 atom stereocenters. The van der Waals surface area contributed by atoms with Gasteiger partial charge < -0.3 is 21.1 Å². The van der Waals surface area contributed by atoms with Crippen molar-refractivity contribution >= 4 is 11.9 Å². The Hall–Kier alpha value is -2.71. The third-order valence-electron chi connectivity index (χ3n) is 2.46. The second-order valence-electron chi connectivity index (χ2n) is 4.34. The summed E-state index contributed by atoms with van der Waals surface area (Å²) in [5.74, 6) is -0.527. The molecule has 0 radical (unpaired) electrons. The number of hydrogen-bond acceptors (Lipinski definition) is 3. The number of nitrogens with zero attached hydrogens (tertiary/aromatic N) is 1. The van der Waals surface area contributed by atoms with E-state index < -0.39 is 6.36 Å². The summed E-state index contributed by atoms with van der Waals surface area (Å²) in [6.45, 7) is 3.92. The topological polar surface area (TPSA) is 88.7 Å². The van der Waals surface area contributed by atoms with Gasteiger partial charge >= 0.3 is 6.36 Å². The molecule has 0 saturated heterocycles. The molecule has 0 aromatic heterocycles. The first kappa shape index (κ1) is 18.3. The van der Waals surface area contributed by atoms with Crippen LogP contribution in [0.15, 0.2) is 41.9 Å². The van der Waals surface area contributed by atoms with Crippen LogP contribution in [0.3, 0.4) is 0 Å². The van der Waals surface area contributed by atoms with Gasteiger partial charge in [0.25, 0.3) is 0 Å². The van der Waals surface area contributed by atoms with Crippen molar-refractivity contribution in [1.29, 1.82) is 0 Å². The predicted octanol–water partition coefficient (Wildman–Crippen LogP) is 1.29. The van der Waals surface area contributed by atoms with E-state index in [9.17, 15) is 18.0 Å². The summed E-state index contributed by atoms with van der Waals surface area (Å²) >= 11 is 0. The van der Waals surface area contributed by atoms with Crippen LogP contribution < -0.4 is 21.1 Å². The number of alkyl halides is 3. The lowest BCUT2D eigenvalue weighted by Crippen LogP contribution is -2.40. The molecule has 0 aliphatic rings. The number of carbonyl (C=O) groups is 1. The van der Waals surface area contributed by atoms with Crippen LogP contribution in [0.25, 0.3) is 0 Å². The minimum atomic E-state index is -4.72. The highest BCUT2D eigenvalue weighted by Gasteiger charge is 2.30. The number of rotatable bonds is 7. The number of hydrogen-bond donors (Lipinski definition) is 3. The van der Waals surface area contributed by atoms with Gasteiger partial charge in [-0.05, 0) is 17.7 Å². The zero-order valence-corrected chi connectivity index (χ0v) is 12.2. The van der Waals surface area contributed by atoms with Gasteiger partial charge in [0, 0.05) is 6.54 Å². The third-order valence-corrected chi connectivity index (χ3v) is 2.46. The lowest BCUT2D eigenvalue weighted by atomic mass is 10.2. The first-order valence-electron chi connectivity index (χ1n) is 6.56. The Morgan fingerprint density at radius 1 is 1.30 bits per heavy atom. The fraction of sp³-hybridized carbons (Fsp3) is 0.286. The van der Waals surface area contributed by atoms with Gasteiger partial charge in [0.2, 0.25) is 5.91 Å². The molecule has 0 aliphatic carbocycles. The van der Waals surface area contributed by atoms with Gasteiger partial charge in [-0.3, -0.25) is 4.79 Å². The van der Waals surface area contributed by atoms with Crippen LogP contribution in [0.1, 0.15) is 5.56 Å². The van der Waals surface area contributed by atoms with Crippen molar-refractivity contribution in [3.8, 4) is 5.75 Å². The van der Waals surface area contributed by atoms with Crippen LogP contribution in [0.4, 0.5) is 13.2 Å². The number of ether oxygens (including phenoxy) is 1. The van der Waals surface area contributed by atoms with Crippen molar-refractivity contribution in [1.82, 2.24) is 10.6 Å². The summed E-state index contributed by atoms with van der Waals surface area (Å²) in [5.41, 5.74) is 6.22. The fourth-order valence-corrected chi connectivity index (χ4v) is 1.45. The van der Waals surface area contributed by atoms with Gasteiger partial charge in [-0.15, -0.1) is 19.8 Å². The van der Waals surface area contributed by atoms with Crippen molar-refractivity contribution in [3.05, 3.63) is 42.5 Å². The molecule has 6 nitrogen and oxygen atoms in total. The smallest absolute Gasteiger partial charge is 0.406 e. The average Bonchev–Trinajstić information content (AvgIpc) is 2.48. The molecule has 1 rings (SSSR count). The van der Waals surface area contributed by atoms with E-state index in [0.29, 0.717) is 12.1 Å². The highest BCUT2D eigenvalue weighted by molar-refractivity contribution is 5.85. The Morgan fingerprint density at radius 2 is 1.96 bits per heavy atom. The maximum absolute atomic E-state index is 12.0. The van der Waals surface area contributed by atoms with E-state index in [1.807, 2.05) is 0 Å². The number of aliphatic imine (C=N–C) groups is 1. The van der Waals surface area contributed by atoms with E-state index in [2.05, 4.69) is 26.9 Å². The van der Waals surface area contributed by atoms with Crippen molar-refractivity contribution < 1.29 is 22.7 Å². The molecule has 0 heterocycles. The zero-order chi connectivity index (χ0) is 17.3. The monoisotopic (exact) mass is 330 g/mol. The summed E-state index contributed by atoms with van der Waals surface area (Å²) in [5, 5.41) is 5.16. The molecule has 9 heteroatoms. The van der Waals surface area contributed by atoms with Crippen LogP contribution >= 0.6 is 0 Å². The summed E-state index contributed by atoms with van der Waals surface area (Å²) in [7, 11) is 0. The van der Waals surface area contributed by atoms with E-state index in [0.717, 1.165) is 0 Å². The number of nitrogens with one attached hydrogen (secondary N) is 2. The molecule has 0 spiro atoms. The van der Waals surface area contributed by atoms with Gasteiger partial charge in [-0.2, -0.15) is 0 Å². The molecule has 126 valence electrons. The molecule has 1 aromatic rings. The number of halogens is 3. The van der Waals surface area contributed by atoms with E-state index in [1.54, 1.807) is 6.08 Å². The van der Waals surface area contributed by atoms with E-state index in [4.69, 9.17) is 5.73 Å². The first-order chi connectivity index (χ1) is 10.8. The molecule has 0 saturated carbocycles. The molecule has 1 aromatic carbocycles. The standard InChI is InChI=1S/C14H17F3N4O2/c1-2-7-19-12(22)9-21-13(18)20-8-10-3-5-11(6-4-10)23-14(15,16)17/h2-6H,1,7-9H2,(H,19,22)(H3,18,20,21). The second kappa shape index (κ2) is 8.66. The minimum Gasteiger partial charge on any atom is -0.406 e. The van der Waals surface area contributed by atoms with E-state index in [-0.39, 0.29) is 30.7 Å². The van der Waals surface area contributed by atoms with Crippen LogP contribution in [0.2, 0.25) is 0 Å². The van der Waals surface area contributed by atoms with Gasteiger partial charge in [0.05, 0.1) is 13.1 Å². The van der Waals surface area contributed by atoms with Crippen molar-refractivity contribution in [2.24, 2.45) is 10.7 Å². The summed E-state index contributed by atoms with van der Waals surface area (Å²) in [6, 6.07) is 5.25. The largest absolute Gasteiger partial charge is 0.573 e. The molecule has 0 unspecified atom stereocenters. The molecular formula is C14H17F3N4O2. The lowest BCUT2D eigenvalue weighted by molar-refractivity contribution is -0.274. The van der Waals surface area contributed by atoms with E-state index >= 15 is 0 Å². The lowest BCUT2D eigenvalue weighted by Gasteiger charge is -2.09. The molecular weight excluding hydrogens is 313 g/mol. The summed E-state index contributed by atoms with van der Waals surface area (Å²) in [6.07, 6.45) is -3.18. The average molecular weight is 330 g/mol.